The van der Waals surface area contributed by atoms with E-state index in [2.05, 4.69) is 30.6 Å². The van der Waals surface area contributed by atoms with Crippen LogP contribution in [-0.2, 0) is 6.54 Å². The number of piperazine rings is 1. The molecule has 0 spiro atoms. The van der Waals surface area contributed by atoms with Gasteiger partial charge in [-0.2, -0.15) is 0 Å². The van der Waals surface area contributed by atoms with Crippen LogP contribution in [0.5, 0.6) is 0 Å². The molecule has 0 aliphatic carbocycles. The van der Waals surface area contributed by atoms with Gasteiger partial charge in [0.05, 0.1) is 5.56 Å². The van der Waals surface area contributed by atoms with Gasteiger partial charge in [0.2, 0.25) is 0 Å². The van der Waals surface area contributed by atoms with Crippen LogP contribution in [0.1, 0.15) is 49.5 Å². The SMILES string of the molecule is CCCCN1[C@H](C)CN(Cc2ccc(C(=O)O)cc2)C[C@@H]1C. The molecule has 1 heterocycles. The molecule has 0 saturated carbocycles. The van der Waals surface area contributed by atoms with Crippen molar-refractivity contribution in [1.82, 2.24) is 9.80 Å². The molecule has 1 aromatic rings. The summed E-state index contributed by atoms with van der Waals surface area (Å²) in [5, 5.41) is 8.95. The van der Waals surface area contributed by atoms with E-state index in [0.717, 1.165) is 19.6 Å². The molecule has 0 unspecified atom stereocenters. The minimum Gasteiger partial charge on any atom is -0.478 e. The number of rotatable bonds is 6. The zero-order valence-corrected chi connectivity index (χ0v) is 14.0. The number of carboxylic acids is 1. The molecule has 22 heavy (non-hydrogen) atoms. The van der Waals surface area contributed by atoms with E-state index in [1.54, 1.807) is 12.1 Å². The fourth-order valence-corrected chi connectivity index (χ4v) is 3.39. The number of benzene rings is 1. The molecular formula is C18H28N2O2. The maximum absolute atomic E-state index is 10.9. The lowest BCUT2D eigenvalue weighted by Gasteiger charge is -2.44. The summed E-state index contributed by atoms with van der Waals surface area (Å²) in [6.07, 6.45) is 2.51. The summed E-state index contributed by atoms with van der Waals surface area (Å²) in [4.78, 5) is 16.0. The second kappa shape index (κ2) is 7.75. The lowest BCUT2D eigenvalue weighted by molar-refractivity contribution is 0.0341. The first kappa shape index (κ1) is 17.0. The fourth-order valence-electron chi connectivity index (χ4n) is 3.39. The van der Waals surface area contributed by atoms with Crippen LogP contribution < -0.4 is 0 Å². The first-order valence-electron chi connectivity index (χ1n) is 8.31. The summed E-state index contributed by atoms with van der Waals surface area (Å²) in [6.45, 7) is 11.1. The van der Waals surface area contributed by atoms with Gasteiger partial charge in [0.25, 0.3) is 0 Å². The normalized spacial score (nSPS) is 23.6. The van der Waals surface area contributed by atoms with Crippen molar-refractivity contribution in [2.75, 3.05) is 19.6 Å². The number of hydrogen-bond acceptors (Lipinski definition) is 3. The largest absolute Gasteiger partial charge is 0.478 e. The molecule has 1 saturated heterocycles. The number of carboxylic acid groups (broad SMARTS) is 1. The Hall–Kier alpha value is -1.39. The van der Waals surface area contributed by atoms with E-state index in [-0.39, 0.29) is 0 Å². The van der Waals surface area contributed by atoms with Gasteiger partial charge in [0, 0.05) is 31.7 Å². The highest BCUT2D eigenvalue weighted by atomic mass is 16.4. The van der Waals surface area contributed by atoms with Crippen LogP contribution >= 0.6 is 0 Å². The Morgan fingerprint density at radius 3 is 2.27 bits per heavy atom. The molecule has 1 aromatic carbocycles. The average molecular weight is 304 g/mol. The van der Waals surface area contributed by atoms with E-state index in [1.165, 1.54) is 24.9 Å². The summed E-state index contributed by atoms with van der Waals surface area (Å²) >= 11 is 0. The van der Waals surface area contributed by atoms with E-state index in [9.17, 15) is 4.79 Å². The van der Waals surface area contributed by atoms with Gasteiger partial charge in [0.15, 0.2) is 0 Å². The summed E-state index contributed by atoms with van der Waals surface area (Å²) in [6, 6.07) is 8.41. The number of carbonyl (C=O) groups is 1. The predicted molar refractivity (Wildman–Crippen MR) is 89.2 cm³/mol. The zero-order valence-electron chi connectivity index (χ0n) is 14.0. The van der Waals surface area contributed by atoms with Crippen molar-refractivity contribution >= 4 is 5.97 Å². The van der Waals surface area contributed by atoms with Gasteiger partial charge in [-0.1, -0.05) is 25.5 Å². The van der Waals surface area contributed by atoms with Crippen molar-refractivity contribution in [3.05, 3.63) is 35.4 Å². The third-order valence-corrected chi connectivity index (χ3v) is 4.55. The molecular weight excluding hydrogens is 276 g/mol. The molecule has 0 bridgehead atoms. The van der Waals surface area contributed by atoms with Gasteiger partial charge in [0.1, 0.15) is 0 Å². The summed E-state index contributed by atoms with van der Waals surface area (Å²) in [5.41, 5.74) is 1.54. The second-order valence-corrected chi connectivity index (χ2v) is 6.49. The standard InChI is InChI=1S/C18H28N2O2/c1-4-5-10-20-14(2)11-19(12-15(20)3)13-16-6-8-17(9-7-16)18(21)22/h6-9,14-15H,4-5,10-13H2,1-3H3,(H,21,22)/t14-,15+. The molecule has 0 amide bonds. The van der Waals surface area contributed by atoms with E-state index in [4.69, 9.17) is 5.11 Å². The number of hydrogen-bond donors (Lipinski definition) is 1. The molecule has 2 rings (SSSR count). The van der Waals surface area contributed by atoms with Crippen molar-refractivity contribution in [3.8, 4) is 0 Å². The smallest absolute Gasteiger partial charge is 0.335 e. The van der Waals surface area contributed by atoms with Crippen LogP contribution in [0.15, 0.2) is 24.3 Å². The van der Waals surface area contributed by atoms with Crippen molar-refractivity contribution in [2.24, 2.45) is 0 Å². The van der Waals surface area contributed by atoms with Gasteiger partial charge < -0.3 is 5.11 Å². The van der Waals surface area contributed by atoms with Crippen LogP contribution in [-0.4, -0.2) is 52.6 Å². The first-order chi connectivity index (χ1) is 10.5. The lowest BCUT2D eigenvalue weighted by Crippen LogP contribution is -2.56. The average Bonchev–Trinajstić information content (AvgIpc) is 2.47. The highest BCUT2D eigenvalue weighted by Gasteiger charge is 2.28. The van der Waals surface area contributed by atoms with Crippen molar-refractivity contribution in [3.63, 3.8) is 0 Å². The van der Waals surface area contributed by atoms with E-state index in [0.29, 0.717) is 17.6 Å². The first-order valence-corrected chi connectivity index (χ1v) is 8.31. The van der Waals surface area contributed by atoms with Crippen molar-refractivity contribution in [2.45, 2.75) is 52.2 Å². The van der Waals surface area contributed by atoms with E-state index < -0.39 is 5.97 Å². The lowest BCUT2D eigenvalue weighted by atomic mass is 10.1. The molecule has 1 fully saturated rings. The van der Waals surface area contributed by atoms with Crippen molar-refractivity contribution < 1.29 is 9.90 Å². The highest BCUT2D eigenvalue weighted by Crippen LogP contribution is 2.18. The minimum absolute atomic E-state index is 0.356. The fraction of sp³-hybridized carbons (Fsp3) is 0.611. The molecule has 0 radical (unpaired) electrons. The number of unbranched alkanes of at least 4 members (excludes halogenated alkanes) is 1. The molecule has 1 N–H and O–H groups in total. The van der Waals surface area contributed by atoms with Gasteiger partial charge in [-0.15, -0.1) is 0 Å². The summed E-state index contributed by atoms with van der Waals surface area (Å²) < 4.78 is 0. The van der Waals surface area contributed by atoms with E-state index >= 15 is 0 Å². The molecule has 1 aliphatic rings. The van der Waals surface area contributed by atoms with Gasteiger partial charge in [-0.3, -0.25) is 9.80 Å². The van der Waals surface area contributed by atoms with Gasteiger partial charge in [-0.25, -0.2) is 4.79 Å². The van der Waals surface area contributed by atoms with Crippen LogP contribution in [0.3, 0.4) is 0 Å². The Morgan fingerprint density at radius 1 is 1.18 bits per heavy atom. The topological polar surface area (TPSA) is 43.8 Å². The van der Waals surface area contributed by atoms with Crippen LogP contribution in [0, 0.1) is 0 Å². The highest BCUT2D eigenvalue weighted by molar-refractivity contribution is 5.87. The summed E-state index contributed by atoms with van der Waals surface area (Å²) in [5.74, 6) is -0.863. The Morgan fingerprint density at radius 2 is 1.77 bits per heavy atom. The van der Waals surface area contributed by atoms with Gasteiger partial charge >= 0.3 is 5.97 Å². The molecule has 1 aliphatic heterocycles. The maximum Gasteiger partial charge on any atom is 0.335 e. The second-order valence-electron chi connectivity index (χ2n) is 6.49. The van der Waals surface area contributed by atoms with Crippen LogP contribution in [0.2, 0.25) is 0 Å². The Labute approximate surface area is 133 Å². The zero-order chi connectivity index (χ0) is 16.1. The number of aromatic carboxylic acids is 1. The monoisotopic (exact) mass is 304 g/mol. The Kier molecular flexibility index (Phi) is 5.98. The minimum atomic E-state index is -0.863. The van der Waals surface area contributed by atoms with Gasteiger partial charge in [-0.05, 0) is 44.5 Å². The predicted octanol–water partition coefficient (Wildman–Crippen LogP) is 3.08. The molecule has 122 valence electrons. The Balaban J connectivity index is 1.93. The molecule has 0 aromatic heterocycles. The quantitative estimate of drug-likeness (QED) is 0.877. The van der Waals surface area contributed by atoms with Crippen molar-refractivity contribution in [1.29, 1.82) is 0 Å². The molecule has 4 heteroatoms. The van der Waals surface area contributed by atoms with E-state index in [1.807, 2.05) is 12.1 Å². The Bertz CT molecular complexity index is 474. The summed E-state index contributed by atoms with van der Waals surface area (Å²) in [7, 11) is 0. The number of nitrogens with zero attached hydrogens (tertiary/aromatic N) is 2. The third kappa shape index (κ3) is 4.31. The maximum atomic E-state index is 10.9. The molecule has 4 nitrogen and oxygen atoms in total. The molecule has 2 atom stereocenters. The third-order valence-electron chi connectivity index (χ3n) is 4.55. The van der Waals surface area contributed by atoms with Crippen LogP contribution in [0.4, 0.5) is 0 Å². The van der Waals surface area contributed by atoms with Crippen LogP contribution in [0.25, 0.3) is 0 Å².